The van der Waals surface area contributed by atoms with E-state index in [2.05, 4.69) is 22.9 Å². The fraction of sp³-hybridized carbons (Fsp3) is 0.562. The Morgan fingerprint density at radius 3 is 3.00 bits per heavy atom. The van der Waals surface area contributed by atoms with Gasteiger partial charge in [-0.15, -0.1) is 0 Å². The molecule has 1 aliphatic rings. The normalized spacial score (nSPS) is 21.6. The number of carbonyl (C=O) groups is 1. The van der Waals surface area contributed by atoms with Gasteiger partial charge in [-0.05, 0) is 43.0 Å². The van der Waals surface area contributed by atoms with E-state index in [9.17, 15) is 4.79 Å². The maximum atomic E-state index is 12.1. The van der Waals surface area contributed by atoms with Crippen LogP contribution in [0.15, 0.2) is 28.7 Å². The van der Waals surface area contributed by atoms with Gasteiger partial charge in [0.25, 0.3) is 0 Å². The van der Waals surface area contributed by atoms with Crippen LogP contribution in [0, 0.1) is 5.41 Å². The Labute approximate surface area is 134 Å². The molecule has 0 saturated carbocycles. The first kappa shape index (κ1) is 16.3. The topological polar surface area (TPSA) is 55.6 Å². The Kier molecular flexibility index (Phi) is 5.65. The van der Waals surface area contributed by atoms with Crippen molar-refractivity contribution in [2.75, 3.05) is 26.2 Å². The van der Waals surface area contributed by atoms with Gasteiger partial charge in [0.05, 0.1) is 6.61 Å². The first-order chi connectivity index (χ1) is 10.0. The minimum Gasteiger partial charge on any atom is -0.494 e. The van der Waals surface area contributed by atoms with Gasteiger partial charge in [0.15, 0.2) is 0 Å². The van der Waals surface area contributed by atoms with Crippen molar-refractivity contribution in [1.29, 1.82) is 0 Å². The molecule has 116 valence electrons. The van der Waals surface area contributed by atoms with Gasteiger partial charge >= 0.3 is 0 Å². The van der Waals surface area contributed by atoms with E-state index in [-0.39, 0.29) is 11.3 Å². The quantitative estimate of drug-likeness (QED) is 0.799. The lowest BCUT2D eigenvalue weighted by molar-refractivity contribution is -0.130. The molecular formula is C16H23BrN2O2. The van der Waals surface area contributed by atoms with Gasteiger partial charge in [-0.3, -0.25) is 4.79 Å². The monoisotopic (exact) mass is 354 g/mol. The smallest absolute Gasteiger partial charge is 0.222 e. The van der Waals surface area contributed by atoms with E-state index in [1.54, 1.807) is 0 Å². The number of likely N-dealkylation sites (tertiary alicyclic amines) is 1. The molecule has 1 fully saturated rings. The number of hydrogen-bond donors (Lipinski definition) is 1. The highest BCUT2D eigenvalue weighted by Crippen LogP contribution is 2.28. The molecule has 1 aromatic rings. The third-order valence-electron chi connectivity index (χ3n) is 4.00. The Balaban J connectivity index is 1.68. The highest BCUT2D eigenvalue weighted by Gasteiger charge is 2.34. The van der Waals surface area contributed by atoms with E-state index in [0.29, 0.717) is 19.6 Å². The zero-order valence-corrected chi connectivity index (χ0v) is 14.1. The second-order valence-electron chi connectivity index (χ2n) is 5.99. The van der Waals surface area contributed by atoms with Crippen molar-refractivity contribution in [3.05, 3.63) is 28.7 Å². The Hall–Kier alpha value is -1.07. The zero-order valence-electron chi connectivity index (χ0n) is 12.5. The number of nitrogens with zero attached hydrogens (tertiary/aromatic N) is 1. The number of nitrogens with two attached hydrogens (primary N) is 1. The highest BCUT2D eigenvalue weighted by atomic mass is 79.9. The third kappa shape index (κ3) is 4.71. The van der Waals surface area contributed by atoms with Crippen molar-refractivity contribution in [2.24, 2.45) is 11.1 Å². The van der Waals surface area contributed by atoms with E-state index in [4.69, 9.17) is 10.5 Å². The molecule has 0 radical (unpaired) electrons. The molecule has 1 amide bonds. The number of carbonyl (C=O) groups excluding carboxylic acids is 1. The first-order valence-electron chi connectivity index (χ1n) is 7.39. The van der Waals surface area contributed by atoms with Gasteiger partial charge < -0.3 is 15.4 Å². The van der Waals surface area contributed by atoms with Gasteiger partial charge in [0.1, 0.15) is 5.75 Å². The van der Waals surface area contributed by atoms with Gasteiger partial charge in [0.2, 0.25) is 5.91 Å². The summed E-state index contributed by atoms with van der Waals surface area (Å²) < 4.78 is 6.64. The van der Waals surface area contributed by atoms with Crippen LogP contribution in [0.1, 0.15) is 26.2 Å². The maximum absolute atomic E-state index is 12.1. The van der Waals surface area contributed by atoms with Gasteiger partial charge in [-0.1, -0.05) is 28.9 Å². The van der Waals surface area contributed by atoms with Crippen LogP contribution in [0.25, 0.3) is 0 Å². The largest absolute Gasteiger partial charge is 0.494 e. The fourth-order valence-corrected chi connectivity index (χ4v) is 2.91. The molecule has 5 heteroatoms. The van der Waals surface area contributed by atoms with E-state index in [0.717, 1.165) is 36.2 Å². The van der Waals surface area contributed by atoms with Crippen molar-refractivity contribution < 1.29 is 9.53 Å². The molecular weight excluding hydrogens is 332 g/mol. The molecule has 1 saturated heterocycles. The Morgan fingerprint density at radius 2 is 2.33 bits per heavy atom. The maximum Gasteiger partial charge on any atom is 0.222 e. The van der Waals surface area contributed by atoms with Gasteiger partial charge in [-0.2, -0.15) is 0 Å². The molecule has 1 unspecified atom stereocenters. The zero-order chi connectivity index (χ0) is 15.3. The molecule has 21 heavy (non-hydrogen) atoms. The van der Waals surface area contributed by atoms with Crippen LogP contribution < -0.4 is 10.5 Å². The average molecular weight is 355 g/mol. The lowest BCUT2D eigenvalue weighted by Gasteiger charge is -2.22. The predicted molar refractivity (Wildman–Crippen MR) is 87.2 cm³/mol. The molecule has 2 rings (SSSR count). The molecule has 1 heterocycles. The number of hydrogen-bond acceptors (Lipinski definition) is 3. The number of halogens is 1. The minimum absolute atomic E-state index is 0.0997. The summed E-state index contributed by atoms with van der Waals surface area (Å²) in [6.07, 6.45) is 2.28. The van der Waals surface area contributed by atoms with Crippen LogP contribution in [0.5, 0.6) is 5.75 Å². The molecule has 1 aliphatic heterocycles. The van der Waals surface area contributed by atoms with Crippen molar-refractivity contribution in [2.45, 2.75) is 26.2 Å². The van der Waals surface area contributed by atoms with Crippen LogP contribution in [0.4, 0.5) is 0 Å². The summed E-state index contributed by atoms with van der Waals surface area (Å²) in [5.74, 6) is 1.04. The van der Waals surface area contributed by atoms with Gasteiger partial charge in [-0.25, -0.2) is 0 Å². The van der Waals surface area contributed by atoms with E-state index < -0.39 is 0 Å². The second kappa shape index (κ2) is 7.27. The summed E-state index contributed by atoms with van der Waals surface area (Å²) in [5, 5.41) is 0. The van der Waals surface area contributed by atoms with Crippen molar-refractivity contribution in [3.63, 3.8) is 0 Å². The SMILES string of the molecule is CC1(CN)CCN(C(=O)CCCOc2cccc(Br)c2)C1. The van der Waals surface area contributed by atoms with E-state index >= 15 is 0 Å². The van der Waals surface area contributed by atoms with Crippen molar-refractivity contribution in [1.82, 2.24) is 4.90 Å². The van der Waals surface area contributed by atoms with Crippen LogP contribution in [-0.2, 0) is 4.79 Å². The molecule has 0 spiro atoms. The summed E-state index contributed by atoms with van der Waals surface area (Å²) in [4.78, 5) is 14.1. The van der Waals surface area contributed by atoms with Crippen LogP contribution in [-0.4, -0.2) is 37.0 Å². The lowest BCUT2D eigenvalue weighted by atomic mass is 9.90. The first-order valence-corrected chi connectivity index (χ1v) is 8.18. The second-order valence-corrected chi connectivity index (χ2v) is 6.91. The number of benzene rings is 1. The summed E-state index contributed by atoms with van der Waals surface area (Å²) in [6.45, 7) is 4.97. The molecule has 0 aliphatic carbocycles. The summed E-state index contributed by atoms with van der Waals surface area (Å²) in [7, 11) is 0. The van der Waals surface area contributed by atoms with Crippen molar-refractivity contribution >= 4 is 21.8 Å². The highest BCUT2D eigenvalue weighted by molar-refractivity contribution is 9.10. The third-order valence-corrected chi connectivity index (χ3v) is 4.50. The molecule has 0 aromatic heterocycles. The van der Waals surface area contributed by atoms with E-state index in [1.807, 2.05) is 29.2 Å². The van der Waals surface area contributed by atoms with Crippen LogP contribution in [0.2, 0.25) is 0 Å². The fourth-order valence-electron chi connectivity index (χ4n) is 2.53. The Morgan fingerprint density at radius 1 is 1.52 bits per heavy atom. The summed E-state index contributed by atoms with van der Waals surface area (Å²) in [5.41, 5.74) is 5.87. The average Bonchev–Trinajstić information content (AvgIpc) is 2.87. The minimum atomic E-state index is 0.0997. The predicted octanol–water partition coefficient (Wildman–Crippen LogP) is 2.81. The standard InChI is InChI=1S/C16H23BrN2O2/c1-16(11-18)7-8-19(12-16)15(20)6-3-9-21-14-5-2-4-13(17)10-14/h2,4-5,10H,3,6-9,11-12,18H2,1H3. The van der Waals surface area contributed by atoms with Crippen LogP contribution in [0.3, 0.4) is 0 Å². The molecule has 1 atom stereocenters. The van der Waals surface area contributed by atoms with Gasteiger partial charge in [0, 0.05) is 24.0 Å². The molecule has 0 bridgehead atoms. The molecule has 4 nitrogen and oxygen atoms in total. The number of rotatable bonds is 6. The number of ether oxygens (including phenoxy) is 1. The lowest BCUT2D eigenvalue weighted by Crippen LogP contribution is -2.34. The number of amides is 1. The van der Waals surface area contributed by atoms with Crippen LogP contribution >= 0.6 is 15.9 Å². The molecule has 1 aromatic carbocycles. The summed E-state index contributed by atoms with van der Waals surface area (Å²) in [6, 6.07) is 7.73. The van der Waals surface area contributed by atoms with E-state index in [1.165, 1.54) is 0 Å². The summed E-state index contributed by atoms with van der Waals surface area (Å²) >= 11 is 3.41. The molecule has 2 N–H and O–H groups in total. The van der Waals surface area contributed by atoms with Crippen molar-refractivity contribution in [3.8, 4) is 5.75 Å². The Bertz CT molecular complexity index is 495.